The Balaban J connectivity index is 2.81. The molecule has 0 unspecified atom stereocenters. The third-order valence-corrected chi connectivity index (χ3v) is 2.45. The van der Waals surface area contributed by atoms with Crippen molar-refractivity contribution in [1.29, 1.82) is 0 Å². The summed E-state index contributed by atoms with van der Waals surface area (Å²) in [6.07, 6.45) is 0.404. The minimum Gasteiger partial charge on any atom is -0.490 e. The highest BCUT2D eigenvalue weighted by Gasteiger charge is 2.10. The second-order valence-electron chi connectivity index (χ2n) is 3.85. The van der Waals surface area contributed by atoms with E-state index in [1.54, 1.807) is 0 Å². The van der Waals surface area contributed by atoms with Crippen molar-refractivity contribution in [2.45, 2.75) is 26.8 Å². The van der Waals surface area contributed by atoms with E-state index in [1.165, 1.54) is 0 Å². The van der Waals surface area contributed by atoms with Gasteiger partial charge >= 0.3 is 0 Å². The fourth-order valence-corrected chi connectivity index (χ4v) is 1.62. The van der Waals surface area contributed by atoms with Gasteiger partial charge in [0, 0.05) is 18.5 Å². The van der Waals surface area contributed by atoms with E-state index in [9.17, 15) is 4.39 Å². The maximum atomic E-state index is 12.1. The summed E-state index contributed by atoms with van der Waals surface area (Å²) < 4.78 is 23.3. The zero-order valence-corrected chi connectivity index (χ0v) is 11.2. The first kappa shape index (κ1) is 14.8. The van der Waals surface area contributed by atoms with Gasteiger partial charge in [0.15, 0.2) is 11.5 Å². The second kappa shape index (κ2) is 8.75. The van der Waals surface area contributed by atoms with Crippen LogP contribution in [0.15, 0.2) is 18.2 Å². The van der Waals surface area contributed by atoms with Crippen LogP contribution in [0.3, 0.4) is 0 Å². The molecular weight excluding hydrogens is 233 g/mol. The topological polar surface area (TPSA) is 30.5 Å². The maximum absolute atomic E-state index is 12.1. The van der Waals surface area contributed by atoms with E-state index in [0.717, 1.165) is 30.2 Å². The molecule has 1 N–H and O–H groups in total. The Morgan fingerprint density at radius 2 is 2.06 bits per heavy atom. The lowest BCUT2D eigenvalue weighted by Crippen LogP contribution is -2.13. The summed E-state index contributed by atoms with van der Waals surface area (Å²) in [5.41, 5.74) is 1.04. The Kier molecular flexibility index (Phi) is 7.18. The van der Waals surface area contributed by atoms with E-state index in [-0.39, 0.29) is 6.67 Å². The number of hydrogen-bond donors (Lipinski definition) is 1. The lowest BCUT2D eigenvalue weighted by molar-refractivity contribution is 0.260. The van der Waals surface area contributed by atoms with Crippen LogP contribution >= 0.6 is 0 Å². The fraction of sp³-hybridized carbons (Fsp3) is 0.571. The molecule has 0 aromatic heterocycles. The van der Waals surface area contributed by atoms with Crippen molar-refractivity contribution < 1.29 is 13.9 Å². The fourth-order valence-electron chi connectivity index (χ4n) is 1.62. The molecule has 0 fully saturated rings. The van der Waals surface area contributed by atoms with Crippen molar-refractivity contribution >= 4 is 0 Å². The summed E-state index contributed by atoms with van der Waals surface area (Å²) in [5.74, 6) is 1.46. The number of rotatable bonds is 9. The molecule has 0 atom stereocenters. The van der Waals surface area contributed by atoms with Gasteiger partial charge in [-0.15, -0.1) is 0 Å². The van der Waals surface area contributed by atoms with Gasteiger partial charge in [0.1, 0.15) is 0 Å². The molecule has 18 heavy (non-hydrogen) atoms. The molecular formula is C14H22FNO2. The average molecular weight is 255 g/mol. The average Bonchev–Trinajstić information content (AvgIpc) is 2.39. The van der Waals surface area contributed by atoms with E-state index >= 15 is 0 Å². The van der Waals surface area contributed by atoms with Gasteiger partial charge < -0.3 is 14.8 Å². The van der Waals surface area contributed by atoms with E-state index in [1.807, 2.05) is 25.1 Å². The molecule has 0 aliphatic heterocycles. The molecule has 0 radical (unpaired) electrons. The van der Waals surface area contributed by atoms with Crippen LogP contribution in [0.25, 0.3) is 0 Å². The summed E-state index contributed by atoms with van der Waals surface area (Å²) in [7, 11) is 0. The standard InChI is InChI=1S/C14H22FNO2/c1-3-16-11-12-7-5-8-13(17-4-2)14(12)18-10-6-9-15/h5,7-8,16H,3-4,6,9-11H2,1-2H3. The molecule has 0 aliphatic carbocycles. The molecule has 0 heterocycles. The third kappa shape index (κ3) is 4.53. The number of nitrogens with one attached hydrogen (secondary N) is 1. The Morgan fingerprint density at radius 3 is 2.72 bits per heavy atom. The molecule has 0 aliphatic rings. The van der Waals surface area contributed by atoms with Crippen molar-refractivity contribution in [1.82, 2.24) is 5.32 Å². The van der Waals surface area contributed by atoms with Crippen molar-refractivity contribution in [3.63, 3.8) is 0 Å². The van der Waals surface area contributed by atoms with Crippen molar-refractivity contribution in [2.24, 2.45) is 0 Å². The van der Waals surface area contributed by atoms with Gasteiger partial charge in [0.05, 0.1) is 19.9 Å². The molecule has 0 saturated heterocycles. The predicted octanol–water partition coefficient (Wildman–Crippen LogP) is 2.93. The molecule has 0 bridgehead atoms. The minimum absolute atomic E-state index is 0.362. The lowest BCUT2D eigenvalue weighted by Gasteiger charge is -2.15. The van der Waals surface area contributed by atoms with Crippen LogP contribution in [0.1, 0.15) is 25.8 Å². The first-order chi connectivity index (χ1) is 8.83. The number of para-hydroxylation sites is 1. The van der Waals surface area contributed by atoms with E-state index in [0.29, 0.717) is 19.6 Å². The number of ether oxygens (including phenoxy) is 2. The molecule has 102 valence electrons. The zero-order chi connectivity index (χ0) is 13.2. The predicted molar refractivity (Wildman–Crippen MR) is 71.1 cm³/mol. The van der Waals surface area contributed by atoms with Gasteiger partial charge in [0.2, 0.25) is 0 Å². The normalized spacial score (nSPS) is 10.4. The molecule has 1 rings (SSSR count). The van der Waals surface area contributed by atoms with Gasteiger partial charge in [-0.3, -0.25) is 4.39 Å². The number of alkyl halides is 1. The quantitative estimate of drug-likeness (QED) is 0.688. The molecule has 0 amide bonds. The van der Waals surface area contributed by atoms with Crippen LogP contribution in [0, 0.1) is 0 Å². The molecule has 3 nitrogen and oxygen atoms in total. The molecule has 0 saturated carbocycles. The van der Waals surface area contributed by atoms with Crippen LogP contribution < -0.4 is 14.8 Å². The lowest BCUT2D eigenvalue weighted by atomic mass is 10.2. The van der Waals surface area contributed by atoms with E-state index in [4.69, 9.17) is 9.47 Å². The highest BCUT2D eigenvalue weighted by Crippen LogP contribution is 2.31. The smallest absolute Gasteiger partial charge is 0.165 e. The first-order valence-corrected chi connectivity index (χ1v) is 6.47. The summed E-state index contributed by atoms with van der Waals surface area (Å²) in [5, 5.41) is 3.26. The number of hydrogen-bond acceptors (Lipinski definition) is 3. The monoisotopic (exact) mass is 255 g/mol. The third-order valence-electron chi connectivity index (χ3n) is 2.45. The summed E-state index contributed by atoms with van der Waals surface area (Å²) in [6, 6.07) is 5.82. The summed E-state index contributed by atoms with van der Waals surface area (Å²) in [6.45, 7) is 6.20. The van der Waals surface area contributed by atoms with Crippen LogP contribution in [0.2, 0.25) is 0 Å². The Labute approximate surface area is 108 Å². The van der Waals surface area contributed by atoms with Gasteiger partial charge in [-0.25, -0.2) is 0 Å². The van der Waals surface area contributed by atoms with E-state index in [2.05, 4.69) is 12.2 Å². The highest BCUT2D eigenvalue weighted by atomic mass is 19.1. The maximum Gasteiger partial charge on any atom is 0.165 e. The van der Waals surface area contributed by atoms with Gasteiger partial charge in [-0.05, 0) is 19.5 Å². The van der Waals surface area contributed by atoms with Gasteiger partial charge in [0.25, 0.3) is 0 Å². The molecule has 1 aromatic carbocycles. The summed E-state index contributed by atoms with van der Waals surface area (Å²) in [4.78, 5) is 0. The Bertz CT molecular complexity index is 345. The zero-order valence-electron chi connectivity index (χ0n) is 11.2. The van der Waals surface area contributed by atoms with Gasteiger partial charge in [-0.1, -0.05) is 19.1 Å². The Hall–Kier alpha value is -1.29. The van der Waals surface area contributed by atoms with Crippen LogP contribution in [0.4, 0.5) is 4.39 Å². The SMILES string of the molecule is CCNCc1cccc(OCC)c1OCCCF. The van der Waals surface area contributed by atoms with Crippen molar-refractivity contribution in [3.8, 4) is 11.5 Å². The van der Waals surface area contributed by atoms with Crippen molar-refractivity contribution in [2.75, 3.05) is 26.4 Å². The molecule has 0 spiro atoms. The molecule has 4 heteroatoms. The number of benzene rings is 1. The van der Waals surface area contributed by atoms with Crippen molar-refractivity contribution in [3.05, 3.63) is 23.8 Å². The highest BCUT2D eigenvalue weighted by molar-refractivity contribution is 5.46. The Morgan fingerprint density at radius 1 is 1.22 bits per heavy atom. The van der Waals surface area contributed by atoms with Gasteiger partial charge in [-0.2, -0.15) is 0 Å². The number of halogens is 1. The largest absolute Gasteiger partial charge is 0.490 e. The minimum atomic E-state index is -0.362. The second-order valence-corrected chi connectivity index (χ2v) is 3.85. The first-order valence-electron chi connectivity index (χ1n) is 6.47. The van der Waals surface area contributed by atoms with Crippen LogP contribution in [-0.4, -0.2) is 26.4 Å². The van der Waals surface area contributed by atoms with Crippen LogP contribution in [-0.2, 0) is 6.54 Å². The molecule has 1 aromatic rings. The summed E-state index contributed by atoms with van der Waals surface area (Å²) >= 11 is 0. The van der Waals surface area contributed by atoms with E-state index < -0.39 is 0 Å². The van der Waals surface area contributed by atoms with Crippen LogP contribution in [0.5, 0.6) is 11.5 Å².